The minimum absolute atomic E-state index is 0.00557. The van der Waals surface area contributed by atoms with Gasteiger partial charge >= 0.3 is 0 Å². The van der Waals surface area contributed by atoms with Crippen LogP contribution in [0, 0.1) is 0 Å². The van der Waals surface area contributed by atoms with Crippen LogP contribution < -0.4 is 26.1 Å². The standard InChI is InChI=1S/C32H35NOSi.C19H25NOSi/c1-32(2,3)35(29-20-12-6-13-21-29,30-22-14-7-15-23-30)34-28-24-33(25-28)31(26-16-8-4-9-17-26)27-18-10-5-11-19-27;1-19(2,3)22(21-16-14-20-15-16,17-10-6-4-7-11-17)18-12-8-5-9-13-18/h4-23,28,31H,24-25H2,1-3H3;4-13,16,20H,14-15H2,1-3H3. The largest absolute Gasteiger partial charge is 0.402 e. The van der Waals surface area contributed by atoms with Gasteiger partial charge in [-0.3, -0.25) is 4.90 Å². The van der Waals surface area contributed by atoms with E-state index in [0.29, 0.717) is 6.10 Å². The highest BCUT2D eigenvalue weighted by Crippen LogP contribution is 2.41. The molecule has 6 heteroatoms. The molecule has 2 saturated heterocycles. The van der Waals surface area contributed by atoms with Crippen molar-refractivity contribution in [3.63, 3.8) is 0 Å². The Morgan fingerprint density at radius 3 is 0.982 bits per heavy atom. The maximum Gasteiger partial charge on any atom is 0.261 e. The zero-order chi connectivity index (χ0) is 39.9. The summed E-state index contributed by atoms with van der Waals surface area (Å²) in [6.45, 7) is 17.8. The highest BCUT2D eigenvalue weighted by Gasteiger charge is 2.54. The number of benzene rings is 6. The van der Waals surface area contributed by atoms with Crippen LogP contribution in [0.4, 0.5) is 0 Å². The molecule has 0 aliphatic carbocycles. The molecule has 2 fully saturated rings. The van der Waals surface area contributed by atoms with Gasteiger partial charge in [0.15, 0.2) is 0 Å². The van der Waals surface area contributed by atoms with E-state index in [1.165, 1.54) is 31.9 Å². The molecule has 2 aliphatic rings. The van der Waals surface area contributed by atoms with E-state index in [-0.39, 0.29) is 22.2 Å². The molecule has 294 valence electrons. The van der Waals surface area contributed by atoms with Crippen molar-refractivity contribution in [3.05, 3.63) is 193 Å². The smallest absolute Gasteiger partial charge is 0.261 e. The summed E-state index contributed by atoms with van der Waals surface area (Å²) in [6.07, 6.45) is 0.530. The number of nitrogens with one attached hydrogen (secondary N) is 1. The number of nitrogens with zero attached hydrogens (tertiary/aromatic N) is 1. The molecule has 8 rings (SSSR count). The Labute approximate surface area is 344 Å². The second-order valence-corrected chi connectivity index (χ2v) is 26.1. The molecule has 57 heavy (non-hydrogen) atoms. The maximum absolute atomic E-state index is 7.36. The van der Waals surface area contributed by atoms with Gasteiger partial charge in [0.25, 0.3) is 16.6 Å². The van der Waals surface area contributed by atoms with Gasteiger partial charge in [-0.1, -0.05) is 224 Å². The molecule has 0 spiro atoms. The van der Waals surface area contributed by atoms with Gasteiger partial charge < -0.3 is 14.2 Å². The fourth-order valence-corrected chi connectivity index (χ4v) is 18.2. The van der Waals surface area contributed by atoms with Crippen LogP contribution in [-0.2, 0) is 8.85 Å². The summed E-state index contributed by atoms with van der Waals surface area (Å²) >= 11 is 0. The lowest BCUT2D eigenvalue weighted by Gasteiger charge is -2.51. The lowest BCUT2D eigenvalue weighted by Crippen LogP contribution is -2.70. The van der Waals surface area contributed by atoms with E-state index in [2.05, 4.69) is 234 Å². The molecule has 6 aromatic carbocycles. The van der Waals surface area contributed by atoms with E-state index in [9.17, 15) is 0 Å². The van der Waals surface area contributed by atoms with Gasteiger partial charge in [-0.05, 0) is 42.0 Å². The van der Waals surface area contributed by atoms with Crippen LogP contribution >= 0.6 is 0 Å². The second-order valence-electron chi connectivity index (χ2n) is 17.6. The first-order valence-corrected chi connectivity index (χ1v) is 24.5. The number of hydrogen-bond acceptors (Lipinski definition) is 4. The Hall–Kier alpha value is -4.41. The molecule has 0 radical (unpaired) electrons. The molecular weight excluding hydrogens is 729 g/mol. The second kappa shape index (κ2) is 17.6. The Morgan fingerprint density at radius 1 is 0.439 bits per heavy atom. The first-order chi connectivity index (χ1) is 27.5. The molecule has 0 unspecified atom stereocenters. The zero-order valence-electron chi connectivity index (χ0n) is 34.6. The van der Waals surface area contributed by atoms with Crippen LogP contribution in [0.15, 0.2) is 182 Å². The zero-order valence-corrected chi connectivity index (χ0v) is 36.6. The minimum Gasteiger partial charge on any atom is -0.402 e. The Balaban J connectivity index is 0.000000194. The first kappa shape index (κ1) is 40.8. The van der Waals surface area contributed by atoms with Gasteiger partial charge in [0, 0.05) is 26.2 Å². The lowest BCUT2D eigenvalue weighted by molar-refractivity contribution is -0.00564. The maximum atomic E-state index is 7.36. The molecule has 0 saturated carbocycles. The average molecular weight is 789 g/mol. The van der Waals surface area contributed by atoms with Crippen molar-refractivity contribution in [2.45, 2.75) is 69.9 Å². The summed E-state index contributed by atoms with van der Waals surface area (Å²) in [5, 5.41) is 8.82. The molecule has 0 amide bonds. The third-order valence-corrected chi connectivity index (χ3v) is 21.9. The molecule has 2 heterocycles. The number of likely N-dealkylation sites (tertiary alicyclic amines) is 1. The molecule has 2 aliphatic heterocycles. The van der Waals surface area contributed by atoms with Gasteiger partial charge in [0.1, 0.15) is 0 Å². The Bertz CT molecular complexity index is 1980. The summed E-state index contributed by atoms with van der Waals surface area (Å²) < 4.78 is 14.2. The highest BCUT2D eigenvalue weighted by molar-refractivity contribution is 7.00. The van der Waals surface area contributed by atoms with E-state index < -0.39 is 16.6 Å². The summed E-state index contributed by atoms with van der Waals surface area (Å²) in [5.41, 5.74) is 2.67. The van der Waals surface area contributed by atoms with E-state index >= 15 is 0 Å². The van der Waals surface area contributed by atoms with Crippen LogP contribution in [0.3, 0.4) is 0 Å². The molecule has 1 N–H and O–H groups in total. The fourth-order valence-electron chi connectivity index (χ4n) is 8.87. The normalized spacial score (nSPS) is 15.6. The number of hydrogen-bond donors (Lipinski definition) is 1. The van der Waals surface area contributed by atoms with Crippen LogP contribution in [0.25, 0.3) is 0 Å². The SMILES string of the molecule is CC(C)(C)[Si](OC1CN(C(c2ccccc2)c2ccccc2)C1)(c1ccccc1)c1ccccc1.CC(C)(C)[Si](OC1CNC1)(c1ccccc1)c1ccccc1. The fraction of sp³-hybridized carbons (Fsp3) is 0.294. The van der Waals surface area contributed by atoms with Crippen molar-refractivity contribution in [3.8, 4) is 0 Å². The summed E-state index contributed by atoms with van der Waals surface area (Å²) in [5.74, 6) is 0. The van der Waals surface area contributed by atoms with Crippen molar-refractivity contribution in [2.75, 3.05) is 26.2 Å². The van der Waals surface area contributed by atoms with Crippen molar-refractivity contribution >= 4 is 37.4 Å². The van der Waals surface area contributed by atoms with Crippen molar-refractivity contribution in [1.82, 2.24) is 10.2 Å². The van der Waals surface area contributed by atoms with Gasteiger partial charge in [0.05, 0.1) is 18.2 Å². The predicted molar refractivity (Wildman–Crippen MR) is 244 cm³/mol. The monoisotopic (exact) mass is 788 g/mol. The molecule has 0 atom stereocenters. The third kappa shape index (κ3) is 8.58. The van der Waals surface area contributed by atoms with Crippen LogP contribution in [-0.4, -0.2) is 59.9 Å². The van der Waals surface area contributed by atoms with Gasteiger partial charge in [-0.15, -0.1) is 0 Å². The quantitative estimate of drug-likeness (QED) is 0.134. The van der Waals surface area contributed by atoms with E-state index in [1.54, 1.807) is 0 Å². The van der Waals surface area contributed by atoms with Crippen molar-refractivity contribution in [2.24, 2.45) is 0 Å². The molecular formula is C51H60N2O2Si2. The molecule has 6 aromatic rings. The van der Waals surface area contributed by atoms with Crippen LogP contribution in [0.2, 0.25) is 10.1 Å². The molecule has 4 nitrogen and oxygen atoms in total. The predicted octanol–water partition coefficient (Wildman–Crippen LogP) is 8.57. The van der Waals surface area contributed by atoms with E-state index in [0.717, 1.165) is 26.2 Å². The van der Waals surface area contributed by atoms with Gasteiger partial charge in [-0.25, -0.2) is 0 Å². The molecule has 0 aromatic heterocycles. The number of rotatable bonds is 11. The summed E-state index contributed by atoms with van der Waals surface area (Å²) in [6, 6.07) is 65.6. The van der Waals surface area contributed by atoms with E-state index in [4.69, 9.17) is 8.85 Å². The van der Waals surface area contributed by atoms with Crippen LogP contribution in [0.5, 0.6) is 0 Å². The highest BCUT2D eigenvalue weighted by atomic mass is 28.4. The molecule has 0 bridgehead atoms. The minimum atomic E-state index is -2.53. The van der Waals surface area contributed by atoms with Gasteiger partial charge in [-0.2, -0.15) is 0 Å². The Kier molecular flexibility index (Phi) is 12.6. The third-order valence-electron chi connectivity index (χ3n) is 11.7. The Morgan fingerprint density at radius 2 is 0.719 bits per heavy atom. The summed E-state index contributed by atoms with van der Waals surface area (Å²) in [4.78, 5) is 2.56. The van der Waals surface area contributed by atoms with Crippen molar-refractivity contribution < 1.29 is 8.85 Å². The van der Waals surface area contributed by atoms with E-state index in [1.807, 2.05) is 0 Å². The van der Waals surface area contributed by atoms with Gasteiger partial charge in [0.2, 0.25) is 0 Å². The first-order valence-electron chi connectivity index (χ1n) is 20.7. The van der Waals surface area contributed by atoms with Crippen molar-refractivity contribution in [1.29, 1.82) is 0 Å². The average Bonchev–Trinajstić information content (AvgIpc) is 3.20. The topological polar surface area (TPSA) is 33.7 Å². The lowest BCUT2D eigenvalue weighted by atomic mass is 9.94. The summed E-state index contributed by atoms with van der Waals surface area (Å²) in [7, 11) is -4.85. The van der Waals surface area contributed by atoms with Crippen LogP contribution in [0.1, 0.15) is 58.7 Å².